The Bertz CT molecular complexity index is 538. The first-order chi connectivity index (χ1) is 8.65. The highest BCUT2D eigenvalue weighted by Gasteiger charge is 1.99. The summed E-state index contributed by atoms with van der Waals surface area (Å²) >= 11 is 0. The molecule has 0 saturated carbocycles. The Labute approximate surface area is 107 Å². The third-order valence-corrected chi connectivity index (χ3v) is 2.83. The van der Waals surface area contributed by atoms with Crippen LogP contribution in [0.2, 0.25) is 0 Å². The van der Waals surface area contributed by atoms with Gasteiger partial charge >= 0.3 is 0 Å². The van der Waals surface area contributed by atoms with Crippen molar-refractivity contribution in [2.75, 3.05) is 5.73 Å². The van der Waals surface area contributed by atoms with E-state index in [0.29, 0.717) is 5.56 Å². The molecule has 2 aromatic carbocycles. The summed E-state index contributed by atoms with van der Waals surface area (Å²) in [5.41, 5.74) is 9.39. The second kappa shape index (κ2) is 5.65. The van der Waals surface area contributed by atoms with Gasteiger partial charge in [0, 0.05) is 18.8 Å². The summed E-state index contributed by atoms with van der Waals surface area (Å²) < 4.78 is 13.1. The summed E-state index contributed by atoms with van der Waals surface area (Å²) in [6, 6.07) is 13.0. The van der Waals surface area contributed by atoms with Crippen molar-refractivity contribution < 1.29 is 4.39 Å². The number of hydrogen-bond acceptors (Lipinski definition) is 2. The molecule has 0 unspecified atom stereocenters. The maximum atomic E-state index is 13.1. The minimum atomic E-state index is -0.158. The zero-order valence-corrected chi connectivity index (χ0v) is 10.4. The highest BCUT2D eigenvalue weighted by molar-refractivity contribution is 5.40. The van der Waals surface area contributed by atoms with Crippen molar-refractivity contribution in [2.45, 2.75) is 20.0 Å². The number of halogens is 1. The molecule has 2 aromatic rings. The molecule has 0 atom stereocenters. The number of nitrogens with one attached hydrogen (secondary N) is 1. The minimum Gasteiger partial charge on any atom is -0.399 e. The molecule has 0 aliphatic carbocycles. The molecule has 0 heterocycles. The molecule has 3 heteroatoms. The summed E-state index contributed by atoms with van der Waals surface area (Å²) in [4.78, 5) is 0. The van der Waals surface area contributed by atoms with E-state index in [-0.39, 0.29) is 5.82 Å². The van der Waals surface area contributed by atoms with Gasteiger partial charge in [-0.1, -0.05) is 24.3 Å². The van der Waals surface area contributed by atoms with Crippen LogP contribution in [0.1, 0.15) is 16.7 Å². The molecular weight excluding hydrogens is 227 g/mol. The molecule has 2 nitrogen and oxygen atoms in total. The Balaban J connectivity index is 1.90. The maximum Gasteiger partial charge on any atom is 0.126 e. The fraction of sp³-hybridized carbons (Fsp3) is 0.200. The lowest BCUT2D eigenvalue weighted by Gasteiger charge is -2.07. The van der Waals surface area contributed by atoms with E-state index >= 15 is 0 Å². The molecule has 0 fully saturated rings. The van der Waals surface area contributed by atoms with Crippen molar-refractivity contribution >= 4 is 5.69 Å². The second-order valence-electron chi connectivity index (χ2n) is 4.43. The van der Waals surface area contributed by atoms with Crippen LogP contribution in [0.5, 0.6) is 0 Å². The van der Waals surface area contributed by atoms with E-state index in [0.717, 1.165) is 29.9 Å². The minimum absolute atomic E-state index is 0.158. The molecule has 3 N–H and O–H groups in total. The van der Waals surface area contributed by atoms with Gasteiger partial charge in [-0.2, -0.15) is 0 Å². The highest BCUT2D eigenvalue weighted by atomic mass is 19.1. The van der Waals surface area contributed by atoms with E-state index in [1.54, 1.807) is 13.0 Å². The van der Waals surface area contributed by atoms with Gasteiger partial charge in [0.15, 0.2) is 0 Å². The maximum absolute atomic E-state index is 13.1. The zero-order valence-electron chi connectivity index (χ0n) is 10.4. The van der Waals surface area contributed by atoms with Gasteiger partial charge in [0.1, 0.15) is 5.82 Å². The molecule has 0 aliphatic rings. The lowest BCUT2D eigenvalue weighted by Crippen LogP contribution is -2.13. The molecular formula is C15H17FN2. The summed E-state index contributed by atoms with van der Waals surface area (Å²) in [6.07, 6.45) is 0. The van der Waals surface area contributed by atoms with Gasteiger partial charge in [0.2, 0.25) is 0 Å². The molecule has 0 saturated heterocycles. The molecule has 0 radical (unpaired) electrons. The Morgan fingerprint density at radius 3 is 2.44 bits per heavy atom. The predicted molar refractivity (Wildman–Crippen MR) is 72.5 cm³/mol. The van der Waals surface area contributed by atoms with Crippen LogP contribution in [-0.2, 0) is 13.1 Å². The van der Waals surface area contributed by atoms with Crippen molar-refractivity contribution in [3.8, 4) is 0 Å². The van der Waals surface area contributed by atoms with Gasteiger partial charge in [-0.15, -0.1) is 0 Å². The molecule has 2 rings (SSSR count). The lowest BCUT2D eigenvalue weighted by molar-refractivity contribution is 0.615. The number of anilines is 1. The molecule has 0 spiro atoms. The number of nitrogen functional groups attached to an aromatic ring is 1. The molecule has 0 aliphatic heterocycles. The summed E-state index contributed by atoms with van der Waals surface area (Å²) in [6.45, 7) is 3.24. The van der Waals surface area contributed by atoms with Gasteiger partial charge in [-0.3, -0.25) is 0 Å². The molecule has 0 amide bonds. The number of rotatable bonds is 4. The van der Waals surface area contributed by atoms with Crippen LogP contribution in [0.25, 0.3) is 0 Å². The second-order valence-corrected chi connectivity index (χ2v) is 4.43. The Hall–Kier alpha value is -1.87. The van der Waals surface area contributed by atoms with Crippen LogP contribution in [0.3, 0.4) is 0 Å². The van der Waals surface area contributed by atoms with Crippen molar-refractivity contribution in [1.29, 1.82) is 0 Å². The zero-order chi connectivity index (χ0) is 13.0. The van der Waals surface area contributed by atoms with E-state index < -0.39 is 0 Å². The Kier molecular flexibility index (Phi) is 3.95. The SMILES string of the molecule is Cc1cc(CNCc2cccc(N)c2)ccc1F. The van der Waals surface area contributed by atoms with Gasteiger partial charge in [-0.25, -0.2) is 4.39 Å². The third kappa shape index (κ3) is 3.31. The lowest BCUT2D eigenvalue weighted by atomic mass is 10.1. The average molecular weight is 244 g/mol. The topological polar surface area (TPSA) is 38.0 Å². The predicted octanol–water partition coefficient (Wildman–Crippen LogP) is 3.01. The first kappa shape index (κ1) is 12.6. The van der Waals surface area contributed by atoms with Crippen LogP contribution < -0.4 is 11.1 Å². The van der Waals surface area contributed by atoms with Crippen molar-refractivity contribution in [1.82, 2.24) is 5.32 Å². The van der Waals surface area contributed by atoms with Crippen LogP contribution in [-0.4, -0.2) is 0 Å². The normalized spacial score (nSPS) is 10.6. The van der Waals surface area contributed by atoms with Gasteiger partial charge in [-0.05, 0) is 41.8 Å². The van der Waals surface area contributed by atoms with Crippen molar-refractivity contribution in [3.63, 3.8) is 0 Å². The first-order valence-electron chi connectivity index (χ1n) is 5.95. The van der Waals surface area contributed by atoms with E-state index in [2.05, 4.69) is 5.32 Å². The first-order valence-corrected chi connectivity index (χ1v) is 5.95. The molecule has 0 aromatic heterocycles. The smallest absolute Gasteiger partial charge is 0.126 e. The Morgan fingerprint density at radius 1 is 1.06 bits per heavy atom. The Morgan fingerprint density at radius 2 is 1.78 bits per heavy atom. The molecule has 0 bridgehead atoms. The molecule has 18 heavy (non-hydrogen) atoms. The van der Waals surface area contributed by atoms with Crippen molar-refractivity contribution in [2.24, 2.45) is 0 Å². The fourth-order valence-corrected chi connectivity index (χ4v) is 1.87. The number of nitrogens with two attached hydrogens (primary N) is 1. The van der Waals surface area contributed by atoms with Gasteiger partial charge in [0.25, 0.3) is 0 Å². The van der Waals surface area contributed by atoms with Crippen LogP contribution in [0, 0.1) is 12.7 Å². The fourth-order valence-electron chi connectivity index (χ4n) is 1.87. The quantitative estimate of drug-likeness (QED) is 0.811. The van der Waals surface area contributed by atoms with Crippen LogP contribution in [0.15, 0.2) is 42.5 Å². The standard InChI is InChI=1S/C15H17FN2/c1-11-7-13(5-6-15(11)16)10-18-9-12-3-2-4-14(17)8-12/h2-8,18H,9-10,17H2,1H3. The van der Waals surface area contributed by atoms with Crippen LogP contribution in [0.4, 0.5) is 10.1 Å². The summed E-state index contributed by atoms with van der Waals surface area (Å²) in [7, 11) is 0. The van der Waals surface area contributed by atoms with Crippen molar-refractivity contribution in [3.05, 3.63) is 65.0 Å². The highest BCUT2D eigenvalue weighted by Crippen LogP contribution is 2.10. The largest absolute Gasteiger partial charge is 0.399 e. The van der Waals surface area contributed by atoms with E-state index in [9.17, 15) is 4.39 Å². The monoisotopic (exact) mass is 244 g/mol. The number of aryl methyl sites for hydroxylation is 1. The summed E-state index contributed by atoms with van der Waals surface area (Å²) in [5, 5.41) is 3.31. The third-order valence-electron chi connectivity index (χ3n) is 2.83. The van der Waals surface area contributed by atoms with E-state index in [4.69, 9.17) is 5.73 Å². The van der Waals surface area contributed by atoms with E-state index in [1.165, 1.54) is 6.07 Å². The average Bonchev–Trinajstić information content (AvgIpc) is 2.34. The molecule has 94 valence electrons. The number of benzene rings is 2. The van der Waals surface area contributed by atoms with Crippen LogP contribution >= 0.6 is 0 Å². The van der Waals surface area contributed by atoms with Gasteiger partial charge < -0.3 is 11.1 Å². The van der Waals surface area contributed by atoms with Gasteiger partial charge in [0.05, 0.1) is 0 Å². The van der Waals surface area contributed by atoms with E-state index in [1.807, 2.05) is 30.3 Å². The number of hydrogen-bond donors (Lipinski definition) is 2. The summed E-state index contributed by atoms with van der Waals surface area (Å²) in [5.74, 6) is -0.158.